The average Bonchev–Trinajstić information content (AvgIpc) is 3.41. The lowest BCUT2D eigenvalue weighted by molar-refractivity contribution is -0.116. The maximum absolute atomic E-state index is 13.2. The number of nitriles is 1. The quantitative estimate of drug-likeness (QED) is 0.512. The van der Waals surface area contributed by atoms with Crippen LogP contribution in [0.25, 0.3) is 10.8 Å². The van der Waals surface area contributed by atoms with E-state index in [-0.39, 0.29) is 36.3 Å². The van der Waals surface area contributed by atoms with Crippen molar-refractivity contribution < 1.29 is 19.4 Å². The molecular formula is C23H21N7O4. The van der Waals surface area contributed by atoms with Crippen LogP contribution >= 0.6 is 0 Å². The van der Waals surface area contributed by atoms with Gasteiger partial charge in [-0.25, -0.2) is 9.97 Å². The van der Waals surface area contributed by atoms with Gasteiger partial charge in [0.25, 0.3) is 0 Å². The van der Waals surface area contributed by atoms with Gasteiger partial charge < -0.3 is 30.9 Å². The van der Waals surface area contributed by atoms with Crippen LogP contribution in [0.4, 0.5) is 29.0 Å². The Labute approximate surface area is 194 Å². The van der Waals surface area contributed by atoms with Gasteiger partial charge in [-0.05, 0) is 25.0 Å². The molecule has 6 rings (SSSR count). The van der Waals surface area contributed by atoms with Crippen molar-refractivity contribution in [3.63, 3.8) is 0 Å². The Hall–Kier alpha value is -4.30. The molecule has 1 atom stereocenters. The number of piperidine rings is 1. The van der Waals surface area contributed by atoms with Gasteiger partial charge in [-0.3, -0.25) is 9.69 Å². The second-order valence-electron chi connectivity index (χ2n) is 8.54. The van der Waals surface area contributed by atoms with E-state index in [4.69, 9.17) is 20.9 Å². The number of pyridine rings is 2. The number of benzene rings is 1. The Morgan fingerprint density at radius 2 is 1.88 bits per heavy atom. The molecule has 2 aromatic heterocycles. The minimum absolute atomic E-state index is 0.0216. The molecule has 0 radical (unpaired) electrons. The highest BCUT2D eigenvalue weighted by atomic mass is 16.7. The van der Waals surface area contributed by atoms with Gasteiger partial charge in [-0.2, -0.15) is 5.26 Å². The molecule has 34 heavy (non-hydrogen) atoms. The average molecular weight is 459 g/mol. The van der Waals surface area contributed by atoms with Crippen molar-refractivity contribution in [3.8, 4) is 17.6 Å². The Balaban J connectivity index is 1.57. The lowest BCUT2D eigenvalue weighted by Gasteiger charge is -2.32. The Morgan fingerprint density at radius 1 is 1.12 bits per heavy atom. The second kappa shape index (κ2) is 7.36. The number of rotatable bonds is 2. The van der Waals surface area contributed by atoms with Gasteiger partial charge in [0.2, 0.25) is 12.7 Å². The first-order valence-electron chi connectivity index (χ1n) is 10.9. The van der Waals surface area contributed by atoms with Gasteiger partial charge in [-0.15, -0.1) is 0 Å². The molecule has 11 nitrogen and oxygen atoms in total. The zero-order valence-electron chi connectivity index (χ0n) is 18.1. The van der Waals surface area contributed by atoms with E-state index in [9.17, 15) is 15.2 Å². The predicted molar refractivity (Wildman–Crippen MR) is 124 cm³/mol. The molecule has 5 heterocycles. The fourth-order valence-electron chi connectivity index (χ4n) is 4.97. The lowest BCUT2D eigenvalue weighted by atomic mass is 9.99. The predicted octanol–water partition coefficient (Wildman–Crippen LogP) is 1.58. The first kappa shape index (κ1) is 20.3. The number of β-amino-alcohol motifs (C(OH)–C–C–N with tert-alkyl or cyclic N) is 1. The number of nitrogens with zero attached hydrogens (tertiary/aromatic N) is 5. The number of amides is 1. The molecule has 1 amide bonds. The molecule has 1 fully saturated rings. The van der Waals surface area contributed by atoms with Crippen LogP contribution in [0.15, 0.2) is 18.2 Å². The number of aromatic nitrogens is 2. The highest BCUT2D eigenvalue weighted by Crippen LogP contribution is 2.45. The molecule has 0 aliphatic carbocycles. The van der Waals surface area contributed by atoms with Crippen LogP contribution in [0.3, 0.4) is 0 Å². The molecule has 1 aromatic carbocycles. The van der Waals surface area contributed by atoms with E-state index in [1.54, 1.807) is 18.2 Å². The molecular weight excluding hydrogens is 438 g/mol. The van der Waals surface area contributed by atoms with E-state index in [0.29, 0.717) is 64.7 Å². The van der Waals surface area contributed by atoms with Crippen molar-refractivity contribution in [3.05, 3.63) is 29.3 Å². The summed E-state index contributed by atoms with van der Waals surface area (Å²) in [4.78, 5) is 25.5. The van der Waals surface area contributed by atoms with Crippen molar-refractivity contribution in [2.45, 2.75) is 25.4 Å². The standard InChI is InChI=1S/C23H21N7O4/c24-8-14-18-13-7-17(32)30(11-3-4-15-16(6-11)34-10-33-15)23(13)28-21(26)19(18)20(25)27-22(14)29-5-1-2-12(31)9-29/h3-4,6,12,31H,1-2,5,7,9-10H2,(H2,25,27)(H2,26,28). The Kier molecular flexibility index (Phi) is 4.40. The van der Waals surface area contributed by atoms with Crippen molar-refractivity contribution in [1.82, 2.24) is 9.97 Å². The van der Waals surface area contributed by atoms with Gasteiger partial charge in [0.05, 0.1) is 23.6 Å². The van der Waals surface area contributed by atoms with Crippen LogP contribution in [0, 0.1) is 11.3 Å². The third kappa shape index (κ3) is 2.89. The highest BCUT2D eigenvalue weighted by Gasteiger charge is 2.36. The van der Waals surface area contributed by atoms with Gasteiger partial charge in [-0.1, -0.05) is 0 Å². The third-order valence-electron chi connectivity index (χ3n) is 6.47. The van der Waals surface area contributed by atoms with E-state index in [2.05, 4.69) is 16.0 Å². The Morgan fingerprint density at radius 3 is 2.65 bits per heavy atom. The number of aliphatic hydroxyl groups excluding tert-OH is 1. The van der Waals surface area contributed by atoms with Gasteiger partial charge >= 0.3 is 0 Å². The number of nitrogen functional groups attached to an aromatic ring is 2. The van der Waals surface area contributed by atoms with Crippen molar-refractivity contribution in [2.75, 3.05) is 41.1 Å². The number of fused-ring (bicyclic) bond motifs is 4. The molecule has 0 bridgehead atoms. The zero-order chi connectivity index (χ0) is 23.6. The lowest BCUT2D eigenvalue weighted by Crippen LogP contribution is -2.39. The summed E-state index contributed by atoms with van der Waals surface area (Å²) in [5.41, 5.74) is 14.0. The monoisotopic (exact) mass is 459 g/mol. The maximum Gasteiger partial charge on any atom is 0.237 e. The number of anilines is 5. The minimum atomic E-state index is -0.518. The van der Waals surface area contributed by atoms with Crippen molar-refractivity contribution >= 4 is 45.6 Å². The number of hydrogen-bond acceptors (Lipinski definition) is 10. The topological polar surface area (TPSA) is 164 Å². The maximum atomic E-state index is 13.2. The molecule has 3 aliphatic rings. The zero-order valence-corrected chi connectivity index (χ0v) is 18.1. The summed E-state index contributed by atoms with van der Waals surface area (Å²) in [5, 5.41) is 21.2. The molecule has 1 unspecified atom stereocenters. The van der Waals surface area contributed by atoms with E-state index in [0.717, 1.165) is 6.42 Å². The fraction of sp³-hybridized carbons (Fsp3) is 0.304. The number of aliphatic hydroxyl groups is 1. The normalized spacial score (nSPS) is 18.9. The van der Waals surface area contributed by atoms with Crippen LogP contribution in [-0.2, 0) is 11.2 Å². The van der Waals surface area contributed by atoms with Gasteiger partial charge in [0.1, 0.15) is 34.9 Å². The van der Waals surface area contributed by atoms with Crippen LogP contribution < -0.4 is 30.7 Å². The van der Waals surface area contributed by atoms with Crippen molar-refractivity contribution in [1.29, 1.82) is 5.26 Å². The molecule has 1 saturated heterocycles. The molecule has 3 aromatic rings. The SMILES string of the molecule is N#Cc1c(N2CCCC(O)C2)nc(N)c2c(N)nc3c(c12)CC(=O)N3c1ccc2c(c1)OCO2. The van der Waals surface area contributed by atoms with Crippen molar-refractivity contribution in [2.24, 2.45) is 0 Å². The molecule has 0 saturated carbocycles. The minimum Gasteiger partial charge on any atom is -0.454 e. The number of ether oxygens (including phenoxy) is 2. The first-order chi connectivity index (χ1) is 16.5. The van der Waals surface area contributed by atoms with E-state index >= 15 is 0 Å². The molecule has 3 aliphatic heterocycles. The van der Waals surface area contributed by atoms with E-state index < -0.39 is 6.10 Å². The number of hydrogen-bond donors (Lipinski definition) is 3. The smallest absolute Gasteiger partial charge is 0.237 e. The van der Waals surface area contributed by atoms with Crippen LogP contribution in [0.1, 0.15) is 24.0 Å². The number of carbonyl (C=O) groups excluding carboxylic acids is 1. The third-order valence-corrected chi connectivity index (χ3v) is 6.47. The van der Waals surface area contributed by atoms with E-state index in [1.807, 2.05) is 4.90 Å². The summed E-state index contributed by atoms with van der Waals surface area (Å²) < 4.78 is 10.8. The first-order valence-corrected chi connectivity index (χ1v) is 10.9. The molecule has 172 valence electrons. The molecule has 11 heteroatoms. The molecule has 5 N–H and O–H groups in total. The summed E-state index contributed by atoms with van der Waals surface area (Å²) in [6.45, 7) is 1.09. The molecule has 0 spiro atoms. The summed E-state index contributed by atoms with van der Waals surface area (Å²) in [5.74, 6) is 1.85. The number of nitrogens with two attached hydrogens (primary N) is 2. The largest absolute Gasteiger partial charge is 0.454 e. The Bertz CT molecular complexity index is 1420. The summed E-state index contributed by atoms with van der Waals surface area (Å²) in [6, 6.07) is 7.44. The van der Waals surface area contributed by atoms with Crippen LogP contribution in [0.2, 0.25) is 0 Å². The van der Waals surface area contributed by atoms with Crippen LogP contribution in [0.5, 0.6) is 11.5 Å². The fourth-order valence-corrected chi connectivity index (χ4v) is 4.97. The van der Waals surface area contributed by atoms with E-state index in [1.165, 1.54) is 4.90 Å². The highest BCUT2D eigenvalue weighted by molar-refractivity contribution is 6.15. The van der Waals surface area contributed by atoms with Gasteiger partial charge in [0.15, 0.2) is 11.5 Å². The van der Waals surface area contributed by atoms with Crippen LogP contribution in [-0.4, -0.2) is 47.0 Å². The second-order valence-corrected chi connectivity index (χ2v) is 8.54. The summed E-state index contributed by atoms with van der Waals surface area (Å²) in [7, 11) is 0. The number of carbonyl (C=O) groups is 1. The van der Waals surface area contributed by atoms with Gasteiger partial charge in [0, 0.05) is 30.1 Å². The summed E-state index contributed by atoms with van der Waals surface area (Å²) in [6.07, 6.45) is 0.953. The summed E-state index contributed by atoms with van der Waals surface area (Å²) >= 11 is 0.